The third-order valence-corrected chi connectivity index (χ3v) is 3.37. The zero-order valence-corrected chi connectivity index (χ0v) is 11.5. The second kappa shape index (κ2) is 6.16. The number of hydrogen-bond acceptors (Lipinski definition) is 4. The van der Waals surface area contributed by atoms with Crippen molar-refractivity contribution in [1.82, 2.24) is 5.32 Å². The van der Waals surface area contributed by atoms with E-state index >= 15 is 0 Å². The Morgan fingerprint density at radius 3 is 2.53 bits per heavy atom. The molecule has 1 heterocycles. The van der Waals surface area contributed by atoms with Crippen LogP contribution in [0.4, 0.5) is 0 Å². The fourth-order valence-corrected chi connectivity index (χ4v) is 2.08. The molecule has 1 aromatic carbocycles. The first-order valence-electron chi connectivity index (χ1n) is 6.64. The van der Waals surface area contributed by atoms with Crippen LogP contribution in [-0.4, -0.2) is 25.5 Å². The van der Waals surface area contributed by atoms with E-state index in [4.69, 9.17) is 14.7 Å². The largest absolute Gasteiger partial charge is 0.349 e. The monoisotopic (exact) mass is 260 g/mol. The summed E-state index contributed by atoms with van der Waals surface area (Å²) in [7, 11) is 0. The van der Waals surface area contributed by atoms with Crippen molar-refractivity contribution in [3.05, 3.63) is 35.4 Å². The summed E-state index contributed by atoms with van der Waals surface area (Å²) in [5, 5.41) is 12.2. The number of nitriles is 1. The van der Waals surface area contributed by atoms with E-state index in [2.05, 4.69) is 18.3 Å². The number of rotatable bonds is 4. The normalized spacial score (nSPS) is 19.6. The van der Waals surface area contributed by atoms with Crippen LogP contribution in [0.3, 0.4) is 0 Å². The van der Waals surface area contributed by atoms with Gasteiger partial charge in [0.15, 0.2) is 5.79 Å². The molecule has 0 radical (unpaired) electrons. The standard InChI is InChI=1S/C15H20N2O2/c1-12(14-6-4-13(10-16)5-7-14)17-11-15(2)18-8-3-9-19-15/h4-7,12,17H,3,8-9,11H2,1-2H3/t12-/m0/s1. The van der Waals surface area contributed by atoms with Gasteiger partial charge in [-0.3, -0.25) is 0 Å². The van der Waals surface area contributed by atoms with Gasteiger partial charge >= 0.3 is 0 Å². The van der Waals surface area contributed by atoms with E-state index < -0.39 is 5.79 Å². The molecule has 4 nitrogen and oxygen atoms in total. The van der Waals surface area contributed by atoms with Crippen LogP contribution in [0.25, 0.3) is 0 Å². The van der Waals surface area contributed by atoms with Gasteiger partial charge in [-0.1, -0.05) is 12.1 Å². The number of hydrogen-bond donors (Lipinski definition) is 1. The molecule has 0 aromatic heterocycles. The third-order valence-electron chi connectivity index (χ3n) is 3.37. The van der Waals surface area contributed by atoms with Crippen LogP contribution in [0.1, 0.15) is 37.4 Å². The Labute approximate surface area is 114 Å². The average Bonchev–Trinajstić information content (AvgIpc) is 2.46. The van der Waals surface area contributed by atoms with E-state index in [9.17, 15) is 0 Å². The van der Waals surface area contributed by atoms with Gasteiger partial charge in [-0.25, -0.2) is 0 Å². The first kappa shape index (κ1) is 14.0. The van der Waals surface area contributed by atoms with Crippen molar-refractivity contribution in [2.45, 2.75) is 32.1 Å². The molecular weight excluding hydrogens is 240 g/mol. The molecule has 19 heavy (non-hydrogen) atoms. The van der Waals surface area contributed by atoms with Crippen molar-refractivity contribution >= 4 is 0 Å². The molecule has 2 rings (SSSR count). The Hall–Kier alpha value is -1.41. The average molecular weight is 260 g/mol. The number of nitrogens with zero attached hydrogens (tertiary/aromatic N) is 1. The van der Waals surface area contributed by atoms with Gasteiger partial charge in [0.05, 0.1) is 24.8 Å². The van der Waals surface area contributed by atoms with Crippen LogP contribution in [0.2, 0.25) is 0 Å². The first-order valence-corrected chi connectivity index (χ1v) is 6.64. The molecule has 1 aliphatic heterocycles. The molecular formula is C15H20N2O2. The Morgan fingerprint density at radius 2 is 1.95 bits per heavy atom. The zero-order chi connectivity index (χ0) is 13.7. The van der Waals surface area contributed by atoms with Crippen LogP contribution in [0.5, 0.6) is 0 Å². The molecule has 1 atom stereocenters. The molecule has 1 N–H and O–H groups in total. The van der Waals surface area contributed by atoms with Crippen LogP contribution < -0.4 is 5.32 Å². The van der Waals surface area contributed by atoms with Gasteiger partial charge in [-0.2, -0.15) is 5.26 Å². The van der Waals surface area contributed by atoms with Crippen molar-refractivity contribution in [3.63, 3.8) is 0 Å². The summed E-state index contributed by atoms with van der Waals surface area (Å²) in [6, 6.07) is 9.93. The van der Waals surface area contributed by atoms with Gasteiger partial charge < -0.3 is 14.8 Å². The van der Waals surface area contributed by atoms with E-state index in [0.717, 1.165) is 25.2 Å². The topological polar surface area (TPSA) is 54.3 Å². The molecule has 0 aliphatic carbocycles. The van der Waals surface area contributed by atoms with Gasteiger partial charge in [0.2, 0.25) is 0 Å². The van der Waals surface area contributed by atoms with E-state index in [-0.39, 0.29) is 6.04 Å². The summed E-state index contributed by atoms with van der Waals surface area (Å²) < 4.78 is 11.3. The van der Waals surface area contributed by atoms with E-state index in [1.54, 1.807) is 0 Å². The molecule has 0 bridgehead atoms. The lowest BCUT2D eigenvalue weighted by atomic mass is 10.1. The molecule has 0 saturated carbocycles. The molecule has 1 fully saturated rings. The van der Waals surface area contributed by atoms with Crippen molar-refractivity contribution in [1.29, 1.82) is 5.26 Å². The Bertz CT molecular complexity index is 444. The van der Waals surface area contributed by atoms with Crippen molar-refractivity contribution < 1.29 is 9.47 Å². The molecule has 102 valence electrons. The third kappa shape index (κ3) is 3.77. The second-order valence-electron chi connectivity index (χ2n) is 5.02. The Morgan fingerprint density at radius 1 is 1.32 bits per heavy atom. The maximum absolute atomic E-state index is 8.78. The maximum Gasteiger partial charge on any atom is 0.177 e. The summed E-state index contributed by atoms with van der Waals surface area (Å²) in [5.41, 5.74) is 1.83. The summed E-state index contributed by atoms with van der Waals surface area (Å²) in [5.74, 6) is -0.529. The van der Waals surface area contributed by atoms with Gasteiger partial charge in [0, 0.05) is 12.6 Å². The smallest absolute Gasteiger partial charge is 0.177 e. The summed E-state index contributed by atoms with van der Waals surface area (Å²) in [6.07, 6.45) is 0.959. The molecule has 1 aliphatic rings. The van der Waals surface area contributed by atoms with Crippen LogP contribution >= 0.6 is 0 Å². The minimum Gasteiger partial charge on any atom is -0.349 e. The van der Waals surface area contributed by atoms with Crippen molar-refractivity contribution in [2.75, 3.05) is 19.8 Å². The SMILES string of the molecule is C[C@H](NCC1(C)OCCCO1)c1ccc(C#N)cc1. The highest BCUT2D eigenvalue weighted by molar-refractivity contribution is 5.32. The fourth-order valence-electron chi connectivity index (χ4n) is 2.08. The molecule has 1 saturated heterocycles. The number of nitrogens with one attached hydrogen (secondary N) is 1. The predicted molar refractivity (Wildman–Crippen MR) is 72.5 cm³/mol. The Balaban J connectivity index is 1.89. The van der Waals surface area contributed by atoms with Crippen molar-refractivity contribution in [3.8, 4) is 6.07 Å². The second-order valence-corrected chi connectivity index (χ2v) is 5.02. The quantitative estimate of drug-likeness (QED) is 0.903. The van der Waals surface area contributed by atoms with Gasteiger partial charge in [-0.05, 0) is 38.0 Å². The lowest BCUT2D eigenvalue weighted by molar-refractivity contribution is -0.252. The van der Waals surface area contributed by atoms with E-state index in [1.807, 2.05) is 31.2 Å². The molecule has 0 amide bonds. The number of benzene rings is 1. The first-order chi connectivity index (χ1) is 9.13. The van der Waals surface area contributed by atoms with Gasteiger partial charge in [0.25, 0.3) is 0 Å². The lowest BCUT2D eigenvalue weighted by Crippen LogP contribution is -2.46. The predicted octanol–water partition coefficient (Wildman–Crippen LogP) is 2.36. The van der Waals surface area contributed by atoms with Gasteiger partial charge in [-0.15, -0.1) is 0 Å². The Kier molecular flexibility index (Phi) is 4.54. The summed E-state index contributed by atoms with van der Waals surface area (Å²) >= 11 is 0. The van der Waals surface area contributed by atoms with E-state index in [1.165, 1.54) is 0 Å². The highest BCUT2D eigenvalue weighted by atomic mass is 16.7. The maximum atomic E-state index is 8.78. The number of ether oxygens (including phenoxy) is 2. The highest BCUT2D eigenvalue weighted by Gasteiger charge is 2.29. The fraction of sp³-hybridized carbons (Fsp3) is 0.533. The minimum absolute atomic E-state index is 0.193. The van der Waals surface area contributed by atoms with Gasteiger partial charge in [0.1, 0.15) is 0 Å². The molecule has 1 aromatic rings. The summed E-state index contributed by atoms with van der Waals surface area (Å²) in [4.78, 5) is 0. The summed E-state index contributed by atoms with van der Waals surface area (Å²) in [6.45, 7) is 6.21. The zero-order valence-electron chi connectivity index (χ0n) is 11.5. The van der Waals surface area contributed by atoms with Crippen molar-refractivity contribution in [2.24, 2.45) is 0 Å². The van der Waals surface area contributed by atoms with E-state index in [0.29, 0.717) is 12.1 Å². The molecule has 4 heteroatoms. The van der Waals surface area contributed by atoms with Crippen LogP contribution in [0, 0.1) is 11.3 Å². The highest BCUT2D eigenvalue weighted by Crippen LogP contribution is 2.19. The van der Waals surface area contributed by atoms with Crippen LogP contribution in [0.15, 0.2) is 24.3 Å². The van der Waals surface area contributed by atoms with Crippen LogP contribution in [-0.2, 0) is 9.47 Å². The lowest BCUT2D eigenvalue weighted by Gasteiger charge is -2.35. The molecule has 0 spiro atoms. The minimum atomic E-state index is -0.529. The molecule has 0 unspecified atom stereocenters.